The van der Waals surface area contributed by atoms with E-state index >= 15 is 0 Å². The SMILES string of the molecule is CC.CC.CC.CC.CC(=O)/C(N)=C1\CCC(C)(C(=O)OC(C)(C)C)CC1=Nc1cccc(Cl)c1.CCC. The van der Waals surface area contributed by atoms with Crippen LogP contribution in [0, 0.1) is 5.41 Å². The number of carbonyl (C=O) groups excluding carboxylic acids is 2. The molecule has 1 fully saturated rings. The molecule has 0 aromatic heterocycles. The lowest BCUT2D eigenvalue weighted by molar-refractivity contribution is -0.166. The minimum Gasteiger partial charge on any atom is -0.460 e. The van der Waals surface area contributed by atoms with Gasteiger partial charge in [0.1, 0.15) is 5.60 Å². The van der Waals surface area contributed by atoms with Crippen LogP contribution in [0.3, 0.4) is 0 Å². The van der Waals surface area contributed by atoms with E-state index in [0.717, 1.165) is 0 Å². The van der Waals surface area contributed by atoms with Gasteiger partial charge in [-0.15, -0.1) is 0 Å². The molecule has 1 unspecified atom stereocenters. The Morgan fingerprint density at radius 1 is 1.03 bits per heavy atom. The van der Waals surface area contributed by atoms with Crippen LogP contribution in [0.15, 0.2) is 40.5 Å². The second-order valence-corrected chi connectivity index (χ2v) is 9.37. The molecule has 1 aliphatic carbocycles. The lowest BCUT2D eigenvalue weighted by Gasteiger charge is -2.36. The first-order chi connectivity index (χ1) is 17.8. The minimum atomic E-state index is -0.731. The molecule has 2 N–H and O–H groups in total. The van der Waals surface area contributed by atoms with Crippen LogP contribution in [-0.2, 0) is 14.3 Å². The fraction of sp³-hybridized carbons (Fsp3) is 0.656. The number of rotatable bonds is 3. The molecule has 1 atom stereocenters. The Morgan fingerprint density at radius 2 is 1.50 bits per heavy atom. The molecule has 1 aliphatic rings. The minimum absolute atomic E-state index is 0.196. The number of halogens is 1. The molecule has 0 heterocycles. The van der Waals surface area contributed by atoms with Crippen molar-refractivity contribution in [3.8, 4) is 0 Å². The Morgan fingerprint density at radius 3 is 1.89 bits per heavy atom. The molecule has 1 aromatic carbocycles. The van der Waals surface area contributed by atoms with Gasteiger partial charge in [0.05, 0.1) is 16.8 Å². The molecule has 1 saturated carbocycles. The number of ether oxygens (including phenoxy) is 1. The number of esters is 1. The molecular formula is C32H59ClN2O3. The normalized spacial score (nSPS) is 18.1. The van der Waals surface area contributed by atoms with Gasteiger partial charge in [-0.1, -0.05) is 93.3 Å². The van der Waals surface area contributed by atoms with Crippen LogP contribution < -0.4 is 5.73 Å². The maximum absolute atomic E-state index is 12.8. The summed E-state index contributed by atoms with van der Waals surface area (Å²) in [6.07, 6.45) is 2.62. The average Bonchev–Trinajstić information content (AvgIpc) is 2.88. The standard InChI is InChI=1S/C21H27ClN2O3.C3H8.4C2H6/c1-13(25)18(23)16-9-10-21(5,19(26)27-20(2,3)4)12-17(16)24-15-8-6-7-14(22)11-15;1-3-2;4*1-2/h6-8,11H,9-10,12,23H2,1-5H3;3H2,1-2H3;4*1-2H3/b18-16-,24-17?;;;;;. The van der Waals surface area contributed by atoms with Gasteiger partial charge in [-0.25, -0.2) is 0 Å². The smallest absolute Gasteiger partial charge is 0.312 e. The predicted octanol–water partition coefficient (Wildman–Crippen LogP) is 10.3. The number of aliphatic imine (C=N–C) groups is 1. The van der Waals surface area contributed by atoms with E-state index in [9.17, 15) is 9.59 Å². The summed E-state index contributed by atoms with van der Waals surface area (Å²) >= 11 is 6.06. The third kappa shape index (κ3) is 17.4. The first-order valence-electron chi connectivity index (χ1n) is 14.4. The van der Waals surface area contributed by atoms with Gasteiger partial charge in [0.2, 0.25) is 0 Å². The van der Waals surface area contributed by atoms with Gasteiger partial charge in [-0.05, 0) is 58.7 Å². The van der Waals surface area contributed by atoms with Gasteiger partial charge in [0.25, 0.3) is 0 Å². The summed E-state index contributed by atoms with van der Waals surface area (Å²) in [5.41, 5.74) is 6.91. The van der Waals surface area contributed by atoms with Gasteiger partial charge in [-0.3, -0.25) is 14.6 Å². The number of ketones is 1. The fourth-order valence-corrected chi connectivity index (χ4v) is 3.18. The zero-order valence-electron chi connectivity index (χ0n) is 27.3. The van der Waals surface area contributed by atoms with Crippen molar-refractivity contribution in [3.05, 3.63) is 40.6 Å². The van der Waals surface area contributed by atoms with E-state index in [1.165, 1.54) is 13.3 Å². The van der Waals surface area contributed by atoms with Crippen molar-refractivity contribution in [2.75, 3.05) is 0 Å². The number of hydrogen-bond donors (Lipinski definition) is 1. The number of nitrogens with two attached hydrogens (primary N) is 1. The van der Waals surface area contributed by atoms with E-state index in [1.807, 2.05) is 89.2 Å². The quantitative estimate of drug-likeness (QED) is 0.297. The fourth-order valence-electron chi connectivity index (χ4n) is 3.00. The van der Waals surface area contributed by atoms with Crippen LogP contribution in [0.25, 0.3) is 0 Å². The highest BCUT2D eigenvalue weighted by Gasteiger charge is 2.42. The molecule has 0 aliphatic heterocycles. The Balaban J connectivity index is -0.000000461. The molecule has 0 saturated heterocycles. The topological polar surface area (TPSA) is 81.8 Å². The molecule has 0 radical (unpaired) electrons. The molecule has 222 valence electrons. The van der Waals surface area contributed by atoms with E-state index in [2.05, 4.69) is 18.8 Å². The third-order valence-electron chi connectivity index (χ3n) is 4.50. The van der Waals surface area contributed by atoms with E-state index in [0.29, 0.717) is 41.3 Å². The van der Waals surface area contributed by atoms with Crippen molar-refractivity contribution in [2.24, 2.45) is 16.1 Å². The van der Waals surface area contributed by atoms with Crippen LogP contribution in [0.4, 0.5) is 5.69 Å². The van der Waals surface area contributed by atoms with Gasteiger partial charge < -0.3 is 10.5 Å². The van der Waals surface area contributed by atoms with Crippen molar-refractivity contribution < 1.29 is 14.3 Å². The molecule has 0 bridgehead atoms. The van der Waals surface area contributed by atoms with Crippen LogP contribution in [0.5, 0.6) is 0 Å². The summed E-state index contributed by atoms with van der Waals surface area (Å²) in [6.45, 7) is 29.1. The van der Waals surface area contributed by atoms with E-state index in [4.69, 9.17) is 22.1 Å². The molecule has 6 heteroatoms. The first-order valence-corrected chi connectivity index (χ1v) is 14.8. The summed E-state index contributed by atoms with van der Waals surface area (Å²) in [5.74, 6) is -0.473. The summed E-state index contributed by atoms with van der Waals surface area (Å²) in [7, 11) is 0. The Labute approximate surface area is 240 Å². The van der Waals surface area contributed by atoms with E-state index < -0.39 is 11.0 Å². The van der Waals surface area contributed by atoms with Gasteiger partial charge in [-0.2, -0.15) is 0 Å². The molecule has 1 aromatic rings. The Hall–Kier alpha value is -2.14. The second-order valence-electron chi connectivity index (χ2n) is 8.93. The zero-order chi connectivity index (χ0) is 31.1. The van der Waals surface area contributed by atoms with Crippen molar-refractivity contribution >= 4 is 34.8 Å². The highest BCUT2D eigenvalue weighted by molar-refractivity contribution is 6.30. The number of nitrogens with zero attached hydrogens (tertiary/aromatic N) is 1. The zero-order valence-corrected chi connectivity index (χ0v) is 28.0. The second kappa shape index (κ2) is 23.9. The van der Waals surface area contributed by atoms with Gasteiger partial charge >= 0.3 is 5.97 Å². The lowest BCUT2D eigenvalue weighted by atomic mass is 9.72. The van der Waals surface area contributed by atoms with Crippen LogP contribution in [0.1, 0.15) is 130 Å². The molecule has 0 spiro atoms. The Bertz CT molecular complexity index is 839. The maximum Gasteiger partial charge on any atom is 0.312 e. The largest absolute Gasteiger partial charge is 0.460 e. The van der Waals surface area contributed by atoms with Gasteiger partial charge in [0.15, 0.2) is 5.78 Å². The first kappa shape index (κ1) is 42.9. The Kier molecular flexibility index (Phi) is 27.0. The highest BCUT2D eigenvalue weighted by Crippen LogP contribution is 2.40. The van der Waals surface area contributed by atoms with Gasteiger partial charge in [0, 0.05) is 29.7 Å². The van der Waals surface area contributed by atoms with Crippen molar-refractivity contribution in [3.63, 3.8) is 0 Å². The monoisotopic (exact) mass is 554 g/mol. The molecular weight excluding hydrogens is 496 g/mol. The third-order valence-corrected chi connectivity index (χ3v) is 4.74. The van der Waals surface area contributed by atoms with Crippen molar-refractivity contribution in [2.45, 2.75) is 135 Å². The summed E-state index contributed by atoms with van der Waals surface area (Å²) < 4.78 is 5.61. The van der Waals surface area contributed by atoms with Crippen LogP contribution >= 0.6 is 11.6 Å². The molecule has 2 rings (SSSR count). The highest BCUT2D eigenvalue weighted by atomic mass is 35.5. The van der Waals surface area contributed by atoms with Crippen LogP contribution in [0.2, 0.25) is 5.02 Å². The summed E-state index contributed by atoms with van der Waals surface area (Å²) in [6, 6.07) is 7.11. The van der Waals surface area contributed by atoms with E-state index in [1.54, 1.807) is 18.2 Å². The number of benzene rings is 1. The predicted molar refractivity (Wildman–Crippen MR) is 170 cm³/mol. The molecule has 0 amide bonds. The maximum atomic E-state index is 12.8. The number of allylic oxidation sites excluding steroid dienone is 2. The summed E-state index contributed by atoms with van der Waals surface area (Å²) in [5, 5.41) is 0.563. The number of Topliss-reactive ketones (excluding diaryl/α,β-unsaturated/α-hetero) is 1. The number of carbonyl (C=O) groups is 2. The van der Waals surface area contributed by atoms with Crippen LogP contribution in [-0.4, -0.2) is 23.1 Å². The van der Waals surface area contributed by atoms with E-state index in [-0.39, 0.29) is 17.4 Å². The summed E-state index contributed by atoms with van der Waals surface area (Å²) in [4.78, 5) is 29.3. The van der Waals surface area contributed by atoms with Crippen molar-refractivity contribution in [1.29, 1.82) is 0 Å². The molecule has 38 heavy (non-hydrogen) atoms. The average molecular weight is 555 g/mol. The molecule has 5 nitrogen and oxygen atoms in total. The lowest BCUT2D eigenvalue weighted by Crippen LogP contribution is -2.40. The van der Waals surface area contributed by atoms with Crippen molar-refractivity contribution in [1.82, 2.24) is 0 Å². The number of hydrogen-bond acceptors (Lipinski definition) is 5.